The van der Waals surface area contributed by atoms with Crippen LogP contribution < -0.4 is 33.0 Å². The van der Waals surface area contributed by atoms with Crippen molar-refractivity contribution >= 4 is 52.5 Å². The summed E-state index contributed by atoms with van der Waals surface area (Å²) in [5, 5.41) is 15.5. The highest BCUT2D eigenvalue weighted by atomic mass is 16.2. The van der Waals surface area contributed by atoms with Crippen molar-refractivity contribution in [2.45, 2.75) is 65.5 Å². The molecule has 0 aromatic carbocycles. The Kier molecular flexibility index (Phi) is 9.51. The molecule has 16 nitrogen and oxygen atoms in total. The van der Waals surface area contributed by atoms with E-state index in [2.05, 4.69) is 47.5 Å². The molecule has 2 aliphatic heterocycles. The number of carbonyl (C=O) groups excluding carboxylic acids is 5. The van der Waals surface area contributed by atoms with Crippen molar-refractivity contribution in [1.82, 2.24) is 32.0 Å². The maximum absolute atomic E-state index is 12.5. The van der Waals surface area contributed by atoms with Gasteiger partial charge in [-0.2, -0.15) is 20.4 Å². The smallest absolute Gasteiger partial charge is 0.308 e. The number of nitrogens with one attached hydrogen (secondary N) is 5. The summed E-state index contributed by atoms with van der Waals surface area (Å²) in [5.74, 6) is 3.63. The Morgan fingerprint density at radius 2 is 1.26 bits per heavy atom. The van der Waals surface area contributed by atoms with Gasteiger partial charge in [0.15, 0.2) is 0 Å². The summed E-state index contributed by atoms with van der Waals surface area (Å²) in [6, 6.07) is -1.95. The van der Waals surface area contributed by atoms with Crippen LogP contribution in [0.3, 0.4) is 0 Å². The molecule has 0 bridgehead atoms. The van der Waals surface area contributed by atoms with Gasteiger partial charge in [-0.25, -0.2) is 32.3 Å². The van der Waals surface area contributed by atoms with Crippen LogP contribution in [0.5, 0.6) is 0 Å². The van der Waals surface area contributed by atoms with Gasteiger partial charge in [-0.3, -0.25) is 24.6 Å². The van der Waals surface area contributed by atoms with Gasteiger partial charge in [0.2, 0.25) is 11.8 Å². The largest absolute Gasteiger partial charge is 0.332 e. The van der Waals surface area contributed by atoms with Crippen LogP contribution in [0.4, 0.5) is 4.79 Å². The van der Waals surface area contributed by atoms with Crippen LogP contribution in [0.1, 0.15) is 53.4 Å². The summed E-state index contributed by atoms with van der Waals surface area (Å²) < 4.78 is 0. The van der Waals surface area contributed by atoms with Crippen LogP contribution in [0.15, 0.2) is 20.4 Å². The SMILES string of the molecule is CC(=NNC(=O)C1=NNC(=O)CC1)C(C)N(C(=O)NN)C(C)C(C)=NNC(=O)C1=NNC(=O)CC1. The summed E-state index contributed by atoms with van der Waals surface area (Å²) in [6.07, 6.45) is 0.649. The van der Waals surface area contributed by atoms with E-state index in [1.807, 2.05) is 0 Å². The van der Waals surface area contributed by atoms with Gasteiger partial charge in [-0.05, 0) is 27.7 Å². The zero-order valence-corrected chi connectivity index (χ0v) is 19.8. The van der Waals surface area contributed by atoms with Crippen LogP contribution >= 0.6 is 0 Å². The lowest BCUT2D eigenvalue weighted by Gasteiger charge is -2.34. The highest BCUT2D eigenvalue weighted by Crippen LogP contribution is 2.10. The number of nitrogens with two attached hydrogens (primary N) is 1. The zero-order valence-electron chi connectivity index (χ0n) is 19.8. The second kappa shape index (κ2) is 12.3. The molecular weight excluding hydrogens is 462 g/mol. The van der Waals surface area contributed by atoms with E-state index in [-0.39, 0.29) is 48.9 Å². The number of carbonyl (C=O) groups is 5. The molecule has 0 radical (unpaired) electrons. The monoisotopic (exact) mass is 491 g/mol. The third-order valence-corrected chi connectivity index (χ3v) is 5.40. The maximum atomic E-state index is 12.5. The fourth-order valence-corrected chi connectivity index (χ4v) is 3.03. The van der Waals surface area contributed by atoms with E-state index in [1.165, 1.54) is 4.90 Å². The highest BCUT2D eigenvalue weighted by molar-refractivity contribution is 6.40. The van der Waals surface area contributed by atoms with Crippen molar-refractivity contribution in [3.8, 4) is 0 Å². The van der Waals surface area contributed by atoms with Crippen molar-refractivity contribution in [1.29, 1.82) is 0 Å². The van der Waals surface area contributed by atoms with Crippen molar-refractivity contribution in [3.63, 3.8) is 0 Å². The first kappa shape index (κ1) is 27.0. The molecular formula is C19H29N11O5. The quantitative estimate of drug-likeness (QED) is 0.0989. The Bertz CT molecular complexity index is 945. The Balaban J connectivity index is 2.08. The number of hydrazine groups is 1. The summed E-state index contributed by atoms with van der Waals surface area (Å²) in [6.45, 7) is 6.53. The Morgan fingerprint density at radius 3 is 1.57 bits per heavy atom. The standard InChI is InChI=1S/C19H29N11O5/c1-9(22-28-17(33)13-5-7-15(31)26-24-13)11(3)30(19(35)21-20)12(4)10(2)23-29-18(34)14-6-8-16(32)27-25-14/h11-12H,5-8,20H2,1-4H3,(H,21,35)(H,26,31)(H,27,32)(H,28,33)(H,29,34). The molecule has 6 amide bonds. The number of hydrogen-bond donors (Lipinski definition) is 6. The molecule has 2 atom stereocenters. The second-order valence-electron chi connectivity index (χ2n) is 7.78. The van der Waals surface area contributed by atoms with Crippen LogP contribution in [0.2, 0.25) is 0 Å². The maximum Gasteiger partial charge on any atom is 0.332 e. The molecule has 0 spiro atoms. The molecule has 190 valence electrons. The van der Waals surface area contributed by atoms with Crippen molar-refractivity contribution in [3.05, 3.63) is 0 Å². The van der Waals surface area contributed by atoms with E-state index >= 15 is 0 Å². The first-order chi connectivity index (χ1) is 16.5. The van der Waals surface area contributed by atoms with Crippen molar-refractivity contribution < 1.29 is 24.0 Å². The summed E-state index contributed by atoms with van der Waals surface area (Å²) in [4.78, 5) is 60.6. The Labute approximate surface area is 200 Å². The van der Waals surface area contributed by atoms with Gasteiger partial charge >= 0.3 is 6.03 Å². The predicted molar refractivity (Wildman–Crippen MR) is 126 cm³/mol. The molecule has 2 unspecified atom stereocenters. The Morgan fingerprint density at radius 1 is 0.857 bits per heavy atom. The van der Waals surface area contributed by atoms with Gasteiger partial charge in [0.05, 0.1) is 23.5 Å². The fourth-order valence-electron chi connectivity index (χ4n) is 3.03. The topological polar surface area (TPSA) is 224 Å². The number of hydrazone groups is 4. The zero-order chi connectivity index (χ0) is 26.1. The Hall–Kier alpha value is -4.21. The molecule has 35 heavy (non-hydrogen) atoms. The molecule has 0 fully saturated rings. The third kappa shape index (κ3) is 7.39. The fraction of sp³-hybridized carbons (Fsp3) is 0.526. The number of urea groups is 1. The minimum absolute atomic E-state index is 0.125. The van der Waals surface area contributed by atoms with Gasteiger partial charge in [0, 0.05) is 25.7 Å². The van der Waals surface area contributed by atoms with Gasteiger partial charge in [0.1, 0.15) is 11.4 Å². The molecule has 0 saturated heterocycles. The van der Waals surface area contributed by atoms with E-state index in [1.54, 1.807) is 27.7 Å². The van der Waals surface area contributed by atoms with Crippen LogP contribution in [0, 0.1) is 0 Å². The lowest BCUT2D eigenvalue weighted by Crippen LogP contribution is -2.56. The van der Waals surface area contributed by atoms with Crippen molar-refractivity contribution in [2.24, 2.45) is 26.2 Å². The van der Waals surface area contributed by atoms with E-state index in [9.17, 15) is 24.0 Å². The second-order valence-corrected chi connectivity index (χ2v) is 7.78. The van der Waals surface area contributed by atoms with Crippen LogP contribution in [0.25, 0.3) is 0 Å². The lowest BCUT2D eigenvalue weighted by molar-refractivity contribution is -0.122. The molecule has 2 rings (SSSR count). The number of hydrogen-bond acceptors (Lipinski definition) is 10. The van der Waals surface area contributed by atoms with E-state index in [0.717, 1.165) is 0 Å². The van der Waals surface area contributed by atoms with Crippen molar-refractivity contribution in [2.75, 3.05) is 0 Å². The molecule has 0 saturated carbocycles. The average molecular weight is 492 g/mol. The highest BCUT2D eigenvalue weighted by Gasteiger charge is 2.29. The van der Waals surface area contributed by atoms with E-state index in [0.29, 0.717) is 11.4 Å². The molecule has 2 aliphatic rings. The molecule has 0 aromatic heterocycles. The van der Waals surface area contributed by atoms with Crippen LogP contribution in [-0.4, -0.2) is 69.5 Å². The first-order valence-corrected chi connectivity index (χ1v) is 10.7. The molecule has 0 aliphatic carbocycles. The molecule has 2 heterocycles. The summed E-state index contributed by atoms with van der Waals surface area (Å²) in [5.41, 5.74) is 12.2. The molecule has 0 aromatic rings. The lowest BCUT2D eigenvalue weighted by atomic mass is 10.1. The van der Waals surface area contributed by atoms with Gasteiger partial charge in [0.25, 0.3) is 11.8 Å². The third-order valence-electron chi connectivity index (χ3n) is 5.40. The van der Waals surface area contributed by atoms with Crippen LogP contribution in [-0.2, 0) is 19.2 Å². The first-order valence-electron chi connectivity index (χ1n) is 10.7. The number of rotatable bonds is 8. The average Bonchev–Trinajstić information content (AvgIpc) is 2.85. The van der Waals surface area contributed by atoms with Gasteiger partial charge < -0.3 is 4.90 Å². The van der Waals surface area contributed by atoms with Gasteiger partial charge in [-0.1, -0.05) is 0 Å². The minimum atomic E-state index is -0.652. The van der Waals surface area contributed by atoms with E-state index < -0.39 is 29.9 Å². The predicted octanol–water partition coefficient (Wildman–Crippen LogP) is -1.84. The number of amides is 6. The minimum Gasteiger partial charge on any atom is -0.308 e. The summed E-state index contributed by atoms with van der Waals surface area (Å²) >= 11 is 0. The number of nitrogens with zero attached hydrogens (tertiary/aromatic N) is 5. The normalized spacial score (nSPS) is 18.2. The molecule has 16 heteroatoms. The van der Waals surface area contributed by atoms with E-state index in [4.69, 9.17) is 5.84 Å². The van der Waals surface area contributed by atoms with Gasteiger partial charge in [-0.15, -0.1) is 0 Å². The summed E-state index contributed by atoms with van der Waals surface area (Å²) in [7, 11) is 0. The molecule has 7 N–H and O–H groups in total.